The SMILES string of the molecule is CCN1c2ccc(-c3ccccc3OC(F)(F)F)cc2N(CC)c2ccc(-c3ccccc3OC(F)(F)F)cc21. The minimum absolute atomic E-state index is 0.296. The molecular weight excluding hydrogens is 534 g/mol. The summed E-state index contributed by atoms with van der Waals surface area (Å²) in [6, 6.07) is 22.7. The van der Waals surface area contributed by atoms with Crippen LogP contribution in [-0.4, -0.2) is 25.8 Å². The van der Waals surface area contributed by atoms with Crippen molar-refractivity contribution in [1.29, 1.82) is 0 Å². The molecule has 0 N–H and O–H groups in total. The van der Waals surface area contributed by atoms with Crippen molar-refractivity contribution in [3.63, 3.8) is 0 Å². The molecule has 10 heteroatoms. The monoisotopic (exact) mass is 558 g/mol. The van der Waals surface area contributed by atoms with E-state index in [9.17, 15) is 26.3 Å². The number of para-hydroxylation sites is 2. The molecule has 4 aromatic rings. The van der Waals surface area contributed by atoms with Gasteiger partial charge in [-0.05, 0) is 61.4 Å². The summed E-state index contributed by atoms with van der Waals surface area (Å²) in [7, 11) is 0. The third kappa shape index (κ3) is 5.38. The zero-order valence-corrected chi connectivity index (χ0v) is 21.5. The molecule has 0 spiro atoms. The maximum atomic E-state index is 13.0. The lowest BCUT2D eigenvalue weighted by Crippen LogP contribution is -2.29. The number of nitrogens with zero attached hydrogens (tertiary/aromatic N) is 2. The van der Waals surface area contributed by atoms with Gasteiger partial charge in [0, 0.05) is 24.2 Å². The predicted octanol–water partition coefficient (Wildman–Crippen LogP) is 9.45. The quantitative estimate of drug-likeness (QED) is 0.220. The largest absolute Gasteiger partial charge is 0.573 e. The van der Waals surface area contributed by atoms with E-state index in [0.29, 0.717) is 35.3 Å². The van der Waals surface area contributed by atoms with E-state index in [1.165, 1.54) is 24.3 Å². The fourth-order valence-electron chi connectivity index (χ4n) is 5.05. The van der Waals surface area contributed by atoms with Crippen molar-refractivity contribution in [3.05, 3.63) is 84.9 Å². The molecule has 0 bridgehead atoms. The smallest absolute Gasteiger partial charge is 0.405 e. The van der Waals surface area contributed by atoms with Gasteiger partial charge in [-0.1, -0.05) is 48.5 Å². The summed E-state index contributed by atoms with van der Waals surface area (Å²) in [4.78, 5) is 4.05. The van der Waals surface area contributed by atoms with Gasteiger partial charge >= 0.3 is 12.7 Å². The van der Waals surface area contributed by atoms with Crippen LogP contribution in [0.3, 0.4) is 0 Å². The van der Waals surface area contributed by atoms with Crippen LogP contribution in [0.5, 0.6) is 11.5 Å². The molecule has 0 radical (unpaired) electrons. The summed E-state index contributed by atoms with van der Waals surface area (Å²) in [6.45, 7) is 4.97. The molecule has 5 rings (SSSR count). The summed E-state index contributed by atoms with van der Waals surface area (Å²) in [6.07, 6.45) is -9.67. The second-order valence-electron chi connectivity index (χ2n) is 8.98. The van der Waals surface area contributed by atoms with Crippen molar-refractivity contribution in [3.8, 4) is 33.8 Å². The van der Waals surface area contributed by atoms with Crippen LogP contribution in [-0.2, 0) is 0 Å². The molecule has 208 valence electrons. The molecule has 0 aliphatic carbocycles. The molecule has 0 saturated heterocycles. The molecule has 1 aliphatic rings. The third-order valence-corrected chi connectivity index (χ3v) is 6.59. The number of rotatable bonds is 6. The van der Waals surface area contributed by atoms with Crippen molar-refractivity contribution >= 4 is 22.7 Å². The fraction of sp³-hybridized carbons (Fsp3) is 0.200. The molecule has 0 fully saturated rings. The molecule has 0 atom stereocenters. The van der Waals surface area contributed by atoms with E-state index in [1.807, 2.05) is 47.9 Å². The Morgan fingerprint density at radius 3 is 1.25 bits per heavy atom. The average Bonchev–Trinajstić information content (AvgIpc) is 2.90. The minimum Gasteiger partial charge on any atom is -0.405 e. The summed E-state index contributed by atoms with van der Waals surface area (Å²) in [5.41, 5.74) is 4.87. The van der Waals surface area contributed by atoms with E-state index in [-0.39, 0.29) is 11.5 Å². The Morgan fingerprint density at radius 1 is 0.525 bits per heavy atom. The van der Waals surface area contributed by atoms with E-state index in [2.05, 4.69) is 9.47 Å². The topological polar surface area (TPSA) is 24.9 Å². The van der Waals surface area contributed by atoms with Gasteiger partial charge in [0.05, 0.1) is 22.7 Å². The number of fused-ring (bicyclic) bond motifs is 2. The molecule has 1 aliphatic heterocycles. The molecule has 4 nitrogen and oxygen atoms in total. The van der Waals surface area contributed by atoms with Gasteiger partial charge < -0.3 is 19.3 Å². The van der Waals surface area contributed by atoms with Gasteiger partial charge in [-0.3, -0.25) is 0 Å². The standard InChI is InChI=1S/C30H24F6N2O2/c1-3-37-23-15-13-20(22-10-6-8-12-28(22)40-30(34,35)36)18-26(23)38(4-2)24-16-14-19(17-25(24)37)21-9-5-7-11-27(21)39-29(31,32)33/h5-18H,3-4H2,1-2H3. The molecule has 0 amide bonds. The van der Waals surface area contributed by atoms with Gasteiger partial charge in [0.2, 0.25) is 0 Å². The lowest BCUT2D eigenvalue weighted by molar-refractivity contribution is -0.275. The summed E-state index contributed by atoms with van der Waals surface area (Å²) in [5, 5.41) is 0. The molecule has 1 heterocycles. The van der Waals surface area contributed by atoms with Crippen LogP contribution < -0.4 is 19.3 Å². The number of ether oxygens (including phenoxy) is 2. The van der Waals surface area contributed by atoms with E-state index in [1.54, 1.807) is 36.4 Å². The Hall–Kier alpha value is -4.34. The van der Waals surface area contributed by atoms with Crippen LogP contribution in [0.25, 0.3) is 22.3 Å². The molecular formula is C30H24F6N2O2. The third-order valence-electron chi connectivity index (χ3n) is 6.59. The van der Waals surface area contributed by atoms with Crippen molar-refractivity contribution in [2.24, 2.45) is 0 Å². The Morgan fingerprint density at radius 2 is 0.900 bits per heavy atom. The van der Waals surface area contributed by atoms with Crippen molar-refractivity contribution in [2.45, 2.75) is 26.6 Å². The number of anilines is 4. The first-order valence-electron chi connectivity index (χ1n) is 12.5. The number of hydrogen-bond acceptors (Lipinski definition) is 4. The number of alkyl halides is 6. The highest BCUT2D eigenvalue weighted by Crippen LogP contribution is 2.51. The molecule has 40 heavy (non-hydrogen) atoms. The molecule has 0 unspecified atom stereocenters. The highest BCUT2D eigenvalue weighted by molar-refractivity contribution is 5.97. The summed E-state index contributed by atoms with van der Waals surface area (Å²) < 4.78 is 86.8. The Kier molecular flexibility index (Phi) is 7.03. The highest BCUT2D eigenvalue weighted by atomic mass is 19.4. The predicted molar refractivity (Wildman–Crippen MR) is 142 cm³/mol. The van der Waals surface area contributed by atoms with Crippen molar-refractivity contribution in [2.75, 3.05) is 22.9 Å². The average molecular weight is 559 g/mol. The van der Waals surface area contributed by atoms with Gasteiger partial charge in [-0.2, -0.15) is 0 Å². The van der Waals surface area contributed by atoms with Gasteiger partial charge in [0.1, 0.15) is 11.5 Å². The van der Waals surface area contributed by atoms with Gasteiger partial charge in [0.15, 0.2) is 0 Å². The van der Waals surface area contributed by atoms with E-state index < -0.39 is 12.7 Å². The summed E-state index contributed by atoms with van der Waals surface area (Å²) >= 11 is 0. The molecule has 0 aromatic heterocycles. The second-order valence-corrected chi connectivity index (χ2v) is 8.98. The lowest BCUT2D eigenvalue weighted by atomic mass is 9.97. The van der Waals surface area contributed by atoms with Crippen LogP contribution >= 0.6 is 0 Å². The lowest BCUT2D eigenvalue weighted by Gasteiger charge is -2.40. The van der Waals surface area contributed by atoms with Crippen LogP contribution in [0, 0.1) is 0 Å². The Balaban J connectivity index is 1.60. The number of benzene rings is 4. The van der Waals surface area contributed by atoms with Crippen LogP contribution in [0.4, 0.5) is 49.1 Å². The molecule has 0 saturated carbocycles. The first-order valence-corrected chi connectivity index (χ1v) is 12.5. The first-order chi connectivity index (χ1) is 19.0. The Bertz CT molecular complexity index is 1420. The first kappa shape index (κ1) is 27.2. The maximum Gasteiger partial charge on any atom is 0.573 e. The maximum absolute atomic E-state index is 13.0. The molecule has 4 aromatic carbocycles. The second kappa shape index (κ2) is 10.3. The van der Waals surface area contributed by atoms with Gasteiger partial charge in [-0.25, -0.2) is 0 Å². The van der Waals surface area contributed by atoms with Crippen LogP contribution in [0.2, 0.25) is 0 Å². The van der Waals surface area contributed by atoms with Crippen molar-refractivity contribution in [1.82, 2.24) is 0 Å². The van der Waals surface area contributed by atoms with E-state index in [0.717, 1.165) is 22.7 Å². The van der Waals surface area contributed by atoms with Crippen LogP contribution in [0.1, 0.15) is 13.8 Å². The fourth-order valence-corrected chi connectivity index (χ4v) is 5.05. The summed E-state index contributed by atoms with van der Waals surface area (Å²) in [5.74, 6) is -0.600. The van der Waals surface area contributed by atoms with E-state index in [4.69, 9.17) is 0 Å². The zero-order chi connectivity index (χ0) is 28.7. The van der Waals surface area contributed by atoms with Crippen LogP contribution in [0.15, 0.2) is 84.9 Å². The van der Waals surface area contributed by atoms with Gasteiger partial charge in [-0.15, -0.1) is 26.3 Å². The van der Waals surface area contributed by atoms with E-state index >= 15 is 0 Å². The normalized spacial score (nSPS) is 13.1. The zero-order valence-electron chi connectivity index (χ0n) is 21.5. The van der Waals surface area contributed by atoms with Gasteiger partial charge in [0.25, 0.3) is 0 Å². The van der Waals surface area contributed by atoms with Crippen molar-refractivity contribution < 1.29 is 35.8 Å². The number of hydrogen-bond donors (Lipinski definition) is 0. The number of halogens is 6. The Labute approximate surface area is 227 Å². The highest BCUT2D eigenvalue weighted by Gasteiger charge is 2.34. The minimum atomic E-state index is -4.83.